The van der Waals surface area contributed by atoms with Crippen LogP contribution < -0.4 is 4.74 Å². The Labute approximate surface area is 89.6 Å². The predicted molar refractivity (Wildman–Crippen MR) is 49.0 cm³/mol. The molecule has 0 aliphatic carbocycles. The average Bonchev–Trinajstić information content (AvgIpc) is 2.11. The van der Waals surface area contributed by atoms with Crippen LogP contribution in [0.1, 0.15) is 0 Å². The van der Waals surface area contributed by atoms with Crippen molar-refractivity contribution in [2.75, 3.05) is 13.4 Å². The van der Waals surface area contributed by atoms with Crippen molar-refractivity contribution in [2.45, 2.75) is 6.18 Å². The largest absolute Gasteiger partial charge is 0.467 e. The van der Waals surface area contributed by atoms with Crippen LogP contribution in [0.25, 0.3) is 0 Å². The van der Waals surface area contributed by atoms with Crippen molar-refractivity contribution in [1.29, 1.82) is 0 Å². The van der Waals surface area contributed by atoms with Gasteiger partial charge in [0, 0.05) is 5.02 Å². The van der Waals surface area contributed by atoms with Crippen LogP contribution in [0.2, 0.25) is 5.02 Å². The molecular weight excluding hydrogens is 233 g/mol. The Morgan fingerprint density at radius 1 is 1.27 bits per heavy atom. The van der Waals surface area contributed by atoms with Crippen molar-refractivity contribution in [3.05, 3.63) is 29.3 Å². The molecule has 0 fully saturated rings. The second-order valence-corrected chi connectivity index (χ2v) is 3.12. The van der Waals surface area contributed by atoms with E-state index in [0.717, 1.165) is 0 Å². The number of hydrogen-bond donors (Lipinski definition) is 0. The molecule has 1 aromatic carbocycles. The maximum Gasteiger partial charge on any atom is 0.411 e. The highest BCUT2D eigenvalue weighted by Crippen LogP contribution is 2.18. The molecule has 0 amide bonds. The van der Waals surface area contributed by atoms with Crippen LogP contribution in [0, 0.1) is 0 Å². The van der Waals surface area contributed by atoms with Crippen LogP contribution in [-0.4, -0.2) is 19.6 Å². The van der Waals surface area contributed by atoms with Gasteiger partial charge in [0.05, 0.1) is 0 Å². The fourth-order valence-electron chi connectivity index (χ4n) is 0.824. The van der Waals surface area contributed by atoms with E-state index < -0.39 is 19.6 Å². The van der Waals surface area contributed by atoms with E-state index in [4.69, 9.17) is 16.3 Å². The molecule has 0 N–H and O–H groups in total. The molecule has 0 heterocycles. The second kappa shape index (κ2) is 5.23. The van der Waals surface area contributed by atoms with Crippen LogP contribution in [0.5, 0.6) is 5.75 Å². The normalized spacial score (nSPS) is 11.5. The van der Waals surface area contributed by atoms with Crippen molar-refractivity contribution in [1.82, 2.24) is 0 Å². The third kappa shape index (κ3) is 5.49. The van der Waals surface area contributed by atoms with Crippen LogP contribution in [0.15, 0.2) is 24.3 Å². The number of hydrogen-bond acceptors (Lipinski definition) is 2. The summed E-state index contributed by atoms with van der Waals surface area (Å²) in [6.45, 7) is -1.78. The Morgan fingerprint density at radius 2 is 2.00 bits per heavy atom. The lowest BCUT2D eigenvalue weighted by Crippen LogP contribution is -2.19. The van der Waals surface area contributed by atoms with Gasteiger partial charge in [-0.05, 0) is 18.2 Å². The standard InChI is InChI=1S/C9H8ClF3O2/c10-7-2-1-3-8(4-7)15-6-14-5-9(11,12)13/h1-4H,5-6H2. The quantitative estimate of drug-likeness (QED) is 0.594. The van der Waals surface area contributed by atoms with E-state index in [1.807, 2.05) is 0 Å². The summed E-state index contributed by atoms with van der Waals surface area (Å²) >= 11 is 5.63. The summed E-state index contributed by atoms with van der Waals surface area (Å²) in [5, 5.41) is 0.448. The molecule has 0 aliphatic rings. The summed E-state index contributed by atoms with van der Waals surface area (Å²) in [4.78, 5) is 0. The molecule has 0 aromatic heterocycles. The molecule has 0 radical (unpaired) electrons. The minimum Gasteiger partial charge on any atom is -0.467 e. The minimum absolute atomic E-state index is 0.365. The van der Waals surface area contributed by atoms with E-state index >= 15 is 0 Å². The molecule has 2 nitrogen and oxygen atoms in total. The number of benzene rings is 1. The molecule has 6 heteroatoms. The monoisotopic (exact) mass is 240 g/mol. The molecule has 15 heavy (non-hydrogen) atoms. The SMILES string of the molecule is FC(F)(F)COCOc1cccc(Cl)c1. The highest BCUT2D eigenvalue weighted by Gasteiger charge is 2.27. The molecule has 0 unspecified atom stereocenters. The highest BCUT2D eigenvalue weighted by molar-refractivity contribution is 6.30. The lowest BCUT2D eigenvalue weighted by atomic mass is 10.3. The predicted octanol–water partition coefficient (Wildman–Crippen LogP) is 3.26. The van der Waals surface area contributed by atoms with Crippen LogP contribution in [0.3, 0.4) is 0 Å². The zero-order valence-electron chi connectivity index (χ0n) is 7.55. The van der Waals surface area contributed by atoms with Crippen molar-refractivity contribution < 1.29 is 22.6 Å². The van der Waals surface area contributed by atoms with Gasteiger partial charge in [-0.15, -0.1) is 0 Å². The molecule has 0 bridgehead atoms. The summed E-state index contributed by atoms with van der Waals surface area (Å²) in [6, 6.07) is 6.31. The van der Waals surface area contributed by atoms with Gasteiger partial charge in [0.2, 0.25) is 0 Å². The van der Waals surface area contributed by atoms with E-state index in [0.29, 0.717) is 10.8 Å². The number of ether oxygens (including phenoxy) is 2. The Kier molecular flexibility index (Phi) is 4.23. The van der Waals surface area contributed by atoms with Gasteiger partial charge in [-0.2, -0.15) is 13.2 Å². The Hall–Kier alpha value is -0.940. The highest BCUT2D eigenvalue weighted by atomic mass is 35.5. The van der Waals surface area contributed by atoms with Crippen LogP contribution >= 0.6 is 11.6 Å². The molecule has 0 aliphatic heterocycles. The summed E-state index contributed by atoms with van der Waals surface area (Å²) in [5.74, 6) is 0.365. The first-order valence-corrected chi connectivity index (χ1v) is 4.38. The topological polar surface area (TPSA) is 18.5 Å². The first kappa shape index (κ1) is 12.1. The zero-order valence-corrected chi connectivity index (χ0v) is 8.31. The van der Waals surface area contributed by atoms with Gasteiger partial charge in [0.25, 0.3) is 0 Å². The molecule has 0 atom stereocenters. The van der Waals surface area contributed by atoms with Crippen LogP contribution in [0.4, 0.5) is 13.2 Å². The first-order chi connectivity index (χ1) is 6.97. The summed E-state index contributed by atoms with van der Waals surface area (Å²) in [5.41, 5.74) is 0. The second-order valence-electron chi connectivity index (χ2n) is 2.68. The van der Waals surface area contributed by atoms with E-state index in [-0.39, 0.29) is 0 Å². The van der Waals surface area contributed by atoms with E-state index in [2.05, 4.69) is 4.74 Å². The molecule has 0 spiro atoms. The molecule has 0 saturated carbocycles. The smallest absolute Gasteiger partial charge is 0.411 e. The third-order valence-electron chi connectivity index (χ3n) is 1.37. The van der Waals surface area contributed by atoms with Gasteiger partial charge < -0.3 is 9.47 Å². The molecule has 84 valence electrons. The van der Waals surface area contributed by atoms with Gasteiger partial charge in [-0.3, -0.25) is 0 Å². The molecule has 1 aromatic rings. The van der Waals surface area contributed by atoms with Crippen molar-refractivity contribution in [3.63, 3.8) is 0 Å². The lowest BCUT2D eigenvalue weighted by molar-refractivity contribution is -0.186. The minimum atomic E-state index is -4.34. The molecule has 1 rings (SSSR count). The third-order valence-corrected chi connectivity index (χ3v) is 1.61. The van der Waals surface area contributed by atoms with Gasteiger partial charge in [0.1, 0.15) is 12.4 Å². The van der Waals surface area contributed by atoms with E-state index in [1.165, 1.54) is 6.07 Å². The van der Waals surface area contributed by atoms with Gasteiger partial charge >= 0.3 is 6.18 Å². The fourth-order valence-corrected chi connectivity index (χ4v) is 1.00. The summed E-state index contributed by atoms with van der Waals surface area (Å²) in [6.07, 6.45) is -4.34. The Morgan fingerprint density at radius 3 is 2.60 bits per heavy atom. The van der Waals surface area contributed by atoms with Gasteiger partial charge in [-0.25, -0.2) is 0 Å². The van der Waals surface area contributed by atoms with E-state index in [9.17, 15) is 13.2 Å². The van der Waals surface area contributed by atoms with Crippen LogP contribution in [-0.2, 0) is 4.74 Å². The van der Waals surface area contributed by atoms with Crippen molar-refractivity contribution in [3.8, 4) is 5.75 Å². The summed E-state index contributed by atoms with van der Waals surface area (Å²) < 4.78 is 44.1. The average molecular weight is 241 g/mol. The maximum absolute atomic E-state index is 11.6. The Bertz CT molecular complexity index is 314. The van der Waals surface area contributed by atoms with Gasteiger partial charge in [0.15, 0.2) is 6.79 Å². The van der Waals surface area contributed by atoms with Gasteiger partial charge in [-0.1, -0.05) is 17.7 Å². The van der Waals surface area contributed by atoms with Crippen molar-refractivity contribution >= 4 is 11.6 Å². The lowest BCUT2D eigenvalue weighted by Gasteiger charge is -2.09. The van der Waals surface area contributed by atoms with Crippen molar-refractivity contribution in [2.24, 2.45) is 0 Å². The fraction of sp³-hybridized carbons (Fsp3) is 0.333. The Balaban J connectivity index is 2.26. The zero-order chi connectivity index (χ0) is 11.3. The molecular formula is C9H8ClF3O2. The number of alkyl halides is 3. The summed E-state index contributed by atoms with van der Waals surface area (Å²) in [7, 11) is 0. The first-order valence-electron chi connectivity index (χ1n) is 4.00. The number of halogens is 4. The maximum atomic E-state index is 11.6. The molecule has 0 saturated heterocycles. The van der Waals surface area contributed by atoms with E-state index in [1.54, 1.807) is 18.2 Å². The number of rotatable bonds is 4.